The van der Waals surface area contributed by atoms with Crippen LogP contribution in [0.5, 0.6) is 0 Å². The fourth-order valence-electron chi connectivity index (χ4n) is 6.76. The second kappa shape index (κ2) is 15.3. The van der Waals surface area contributed by atoms with Gasteiger partial charge in [0.2, 0.25) is 0 Å². The quantitative estimate of drug-likeness (QED) is 0.141. The Kier molecular flexibility index (Phi) is 10.3. The molecule has 7 rings (SSSR count). The molecule has 2 saturated heterocycles. The maximum Gasteiger partial charge on any atom is 0.186 e. The van der Waals surface area contributed by atoms with E-state index in [1.165, 1.54) is 28.7 Å². The zero-order valence-corrected chi connectivity index (χ0v) is 27.1. The molecular weight excluding hydrogens is 591 g/mol. The Bertz CT molecular complexity index is 1550. The van der Waals surface area contributed by atoms with Crippen molar-refractivity contribution in [3.8, 4) is 0 Å². The van der Waals surface area contributed by atoms with E-state index in [1.54, 1.807) is 0 Å². The number of hydrogen-bond acceptors (Lipinski definition) is 7. The first-order valence-corrected chi connectivity index (χ1v) is 17.4. The molecule has 0 bridgehead atoms. The Morgan fingerprint density at radius 1 is 0.630 bits per heavy atom. The fourth-order valence-corrected chi connectivity index (χ4v) is 7.76. The molecule has 5 aromatic rings. The summed E-state index contributed by atoms with van der Waals surface area (Å²) in [5.74, 6) is 0.548. The van der Waals surface area contributed by atoms with Gasteiger partial charge < -0.3 is 19.1 Å². The van der Waals surface area contributed by atoms with E-state index in [-0.39, 0.29) is 18.3 Å². The van der Waals surface area contributed by atoms with Crippen molar-refractivity contribution in [3.63, 3.8) is 0 Å². The molecule has 6 nitrogen and oxygen atoms in total. The number of nitrogens with zero attached hydrogens (tertiary/aromatic N) is 3. The number of fused-ring (bicyclic) bond motifs is 1. The van der Waals surface area contributed by atoms with Crippen LogP contribution in [0.1, 0.15) is 29.5 Å². The monoisotopic (exact) mass is 633 g/mol. The molecule has 2 aliphatic heterocycles. The SMILES string of the molecule is c1ccc(COC2[C@H](OCc3ccccc3)CN(C[C@H]3CCCN(c4nc5ccccc5s4)C3)C[C@H]2OCc2ccccc2)cc1. The Balaban J connectivity index is 1.08. The number of ether oxygens (including phenoxy) is 3. The maximum atomic E-state index is 6.73. The van der Waals surface area contributed by atoms with E-state index in [0.29, 0.717) is 25.7 Å². The van der Waals surface area contributed by atoms with E-state index in [1.807, 2.05) is 29.5 Å². The first-order valence-electron chi connectivity index (χ1n) is 16.6. The number of likely N-dealkylation sites (tertiary alicyclic amines) is 1. The lowest BCUT2D eigenvalue weighted by Crippen LogP contribution is -2.59. The summed E-state index contributed by atoms with van der Waals surface area (Å²) in [5, 5.41) is 1.15. The van der Waals surface area contributed by atoms with E-state index >= 15 is 0 Å². The van der Waals surface area contributed by atoms with Crippen molar-refractivity contribution in [1.29, 1.82) is 0 Å². The number of para-hydroxylation sites is 1. The number of hydrogen-bond donors (Lipinski definition) is 0. The number of rotatable bonds is 12. The van der Waals surface area contributed by atoms with Gasteiger partial charge in [0.15, 0.2) is 5.13 Å². The number of anilines is 1. The first-order chi connectivity index (χ1) is 22.8. The maximum absolute atomic E-state index is 6.73. The molecule has 0 radical (unpaired) electrons. The minimum atomic E-state index is -0.186. The Labute approximate surface area is 276 Å². The summed E-state index contributed by atoms with van der Waals surface area (Å²) in [7, 11) is 0. The van der Waals surface area contributed by atoms with E-state index in [9.17, 15) is 0 Å². The molecule has 0 N–H and O–H groups in total. The number of piperidine rings is 2. The molecule has 7 heteroatoms. The van der Waals surface area contributed by atoms with E-state index in [4.69, 9.17) is 19.2 Å². The third-order valence-corrected chi connectivity index (χ3v) is 10.2. The molecule has 46 heavy (non-hydrogen) atoms. The molecule has 238 valence electrons. The molecule has 2 fully saturated rings. The lowest BCUT2D eigenvalue weighted by molar-refractivity contribution is -0.185. The van der Waals surface area contributed by atoms with Crippen LogP contribution >= 0.6 is 11.3 Å². The predicted octanol–water partition coefficient (Wildman–Crippen LogP) is 7.58. The highest BCUT2D eigenvalue weighted by atomic mass is 32.1. The molecular formula is C39H43N3O3S. The standard InChI is InChI=1S/C39H43N3O3S/c1-4-13-30(14-5-1)27-43-35-25-41(23-33-19-12-22-42(24-33)39-40-34-20-10-11-21-37(34)46-39)26-36(44-28-31-15-6-2-7-16-31)38(35)45-29-32-17-8-3-9-18-32/h1-11,13-18,20-21,33,35-36,38H,12,19,22-29H2/t33-,35-,36-/m1/s1. The van der Waals surface area contributed by atoms with Gasteiger partial charge in [0.1, 0.15) is 6.10 Å². The molecule has 3 atom stereocenters. The summed E-state index contributed by atoms with van der Waals surface area (Å²) in [6.45, 7) is 6.34. The highest BCUT2D eigenvalue weighted by molar-refractivity contribution is 7.22. The van der Waals surface area contributed by atoms with Gasteiger partial charge in [-0.15, -0.1) is 0 Å². The van der Waals surface area contributed by atoms with Gasteiger partial charge in [0, 0.05) is 32.7 Å². The molecule has 2 aliphatic rings. The second-order valence-corrected chi connectivity index (χ2v) is 13.6. The van der Waals surface area contributed by atoms with Crippen molar-refractivity contribution in [1.82, 2.24) is 9.88 Å². The minimum absolute atomic E-state index is 0.123. The van der Waals surface area contributed by atoms with Gasteiger partial charge >= 0.3 is 0 Å². The molecule has 0 unspecified atom stereocenters. The van der Waals surface area contributed by atoms with Crippen LogP contribution in [0.3, 0.4) is 0 Å². The van der Waals surface area contributed by atoms with Crippen molar-refractivity contribution < 1.29 is 14.2 Å². The Hall–Kier alpha value is -3.59. The largest absolute Gasteiger partial charge is 0.369 e. The van der Waals surface area contributed by atoms with Crippen LogP contribution in [0.2, 0.25) is 0 Å². The fraction of sp³-hybridized carbons (Fsp3) is 0.359. The van der Waals surface area contributed by atoms with Crippen LogP contribution in [0, 0.1) is 5.92 Å². The average Bonchev–Trinajstić information content (AvgIpc) is 3.55. The summed E-state index contributed by atoms with van der Waals surface area (Å²) in [6.07, 6.45) is 1.97. The van der Waals surface area contributed by atoms with Crippen LogP contribution < -0.4 is 4.90 Å². The van der Waals surface area contributed by atoms with Gasteiger partial charge in [-0.25, -0.2) is 4.98 Å². The summed E-state index contributed by atoms with van der Waals surface area (Å²) >= 11 is 1.81. The van der Waals surface area contributed by atoms with E-state index in [0.717, 1.165) is 48.9 Å². The smallest absolute Gasteiger partial charge is 0.186 e. The molecule has 0 spiro atoms. The van der Waals surface area contributed by atoms with Gasteiger partial charge in [0.05, 0.1) is 42.2 Å². The highest BCUT2D eigenvalue weighted by Crippen LogP contribution is 2.32. The van der Waals surface area contributed by atoms with Crippen molar-refractivity contribution in [3.05, 3.63) is 132 Å². The zero-order valence-electron chi connectivity index (χ0n) is 26.3. The van der Waals surface area contributed by atoms with Gasteiger partial charge in [-0.1, -0.05) is 114 Å². The normalized spacial score (nSPS) is 21.1. The Morgan fingerprint density at radius 2 is 1.17 bits per heavy atom. The van der Waals surface area contributed by atoms with Crippen LogP contribution in [0.15, 0.2) is 115 Å². The van der Waals surface area contributed by atoms with E-state index < -0.39 is 0 Å². The summed E-state index contributed by atoms with van der Waals surface area (Å²) in [5.41, 5.74) is 4.59. The Morgan fingerprint density at radius 3 is 1.76 bits per heavy atom. The molecule has 3 heterocycles. The predicted molar refractivity (Wildman–Crippen MR) is 186 cm³/mol. The summed E-state index contributed by atoms with van der Waals surface area (Å²) in [6, 6.07) is 39.8. The van der Waals surface area contributed by atoms with Crippen molar-refractivity contribution in [2.45, 2.75) is 51.0 Å². The van der Waals surface area contributed by atoms with Crippen LogP contribution in [-0.4, -0.2) is 60.9 Å². The average molecular weight is 634 g/mol. The van der Waals surface area contributed by atoms with Crippen molar-refractivity contribution >= 4 is 26.7 Å². The summed E-state index contributed by atoms with van der Waals surface area (Å²) < 4.78 is 21.4. The van der Waals surface area contributed by atoms with Gasteiger partial charge in [-0.3, -0.25) is 4.90 Å². The van der Waals surface area contributed by atoms with E-state index in [2.05, 4.69) is 107 Å². The number of aromatic nitrogens is 1. The van der Waals surface area contributed by atoms with Crippen molar-refractivity contribution in [2.24, 2.45) is 5.92 Å². The molecule has 0 amide bonds. The highest BCUT2D eigenvalue weighted by Gasteiger charge is 2.40. The van der Waals surface area contributed by atoms with Gasteiger partial charge in [-0.05, 0) is 47.6 Å². The summed E-state index contributed by atoms with van der Waals surface area (Å²) in [4.78, 5) is 10.0. The molecule has 1 aromatic heterocycles. The van der Waals surface area contributed by atoms with Gasteiger partial charge in [0.25, 0.3) is 0 Å². The van der Waals surface area contributed by atoms with Gasteiger partial charge in [-0.2, -0.15) is 0 Å². The third-order valence-electron chi connectivity index (χ3n) is 9.10. The molecule has 4 aromatic carbocycles. The third kappa shape index (κ3) is 8.03. The molecule has 0 saturated carbocycles. The second-order valence-electron chi connectivity index (χ2n) is 12.6. The van der Waals surface area contributed by atoms with Crippen LogP contribution in [0.4, 0.5) is 5.13 Å². The lowest BCUT2D eigenvalue weighted by Gasteiger charge is -2.45. The van der Waals surface area contributed by atoms with Crippen LogP contribution in [-0.2, 0) is 34.0 Å². The topological polar surface area (TPSA) is 47.1 Å². The molecule has 0 aliphatic carbocycles. The number of benzene rings is 4. The minimum Gasteiger partial charge on any atom is -0.369 e. The first kappa shape index (κ1) is 31.0. The van der Waals surface area contributed by atoms with Crippen molar-refractivity contribution in [2.75, 3.05) is 37.6 Å². The lowest BCUT2D eigenvalue weighted by atomic mass is 9.94. The van der Waals surface area contributed by atoms with Crippen LogP contribution in [0.25, 0.3) is 10.2 Å². The number of thiazole rings is 1. The zero-order chi connectivity index (χ0) is 31.0.